The van der Waals surface area contributed by atoms with Crippen LogP contribution in [0, 0.1) is 23.3 Å². The first kappa shape index (κ1) is 15.9. The SMILES string of the molecule is Fc1c(F)c([Si](Cl)(Cl)Cl)c(F)c(F)c1C(F)(F)F. The molecule has 102 valence electrons. The summed E-state index contributed by atoms with van der Waals surface area (Å²) in [6, 6.07) is -4.45. The van der Waals surface area contributed by atoms with E-state index in [1.54, 1.807) is 0 Å². The number of halogens is 10. The number of rotatable bonds is 1. The summed E-state index contributed by atoms with van der Waals surface area (Å²) < 4.78 is 89.2. The molecule has 0 aliphatic rings. The Morgan fingerprint density at radius 2 is 1.06 bits per heavy atom. The van der Waals surface area contributed by atoms with Crippen molar-refractivity contribution in [3.05, 3.63) is 28.8 Å². The van der Waals surface area contributed by atoms with Crippen LogP contribution in [-0.4, -0.2) is 6.00 Å². The van der Waals surface area contributed by atoms with Crippen LogP contribution in [0.4, 0.5) is 30.7 Å². The van der Waals surface area contributed by atoms with Gasteiger partial charge in [0.05, 0.1) is 5.19 Å². The maximum Gasteiger partial charge on any atom is 0.422 e. The minimum Gasteiger partial charge on any atom is -0.204 e. The third-order valence-corrected chi connectivity index (χ3v) is 4.54. The molecule has 1 aromatic carbocycles. The molecule has 0 radical (unpaired) electrons. The minimum absolute atomic E-state index is 1.62. The molecule has 0 bridgehead atoms. The van der Waals surface area contributed by atoms with Gasteiger partial charge in [-0.3, -0.25) is 0 Å². The molecule has 0 nitrogen and oxygen atoms in total. The van der Waals surface area contributed by atoms with Crippen LogP contribution in [0.1, 0.15) is 5.56 Å². The van der Waals surface area contributed by atoms with Crippen molar-refractivity contribution in [3.63, 3.8) is 0 Å². The summed E-state index contributed by atoms with van der Waals surface area (Å²) in [6.07, 6.45) is -5.62. The van der Waals surface area contributed by atoms with Crippen LogP contribution < -0.4 is 5.19 Å². The Kier molecular flexibility index (Phi) is 4.17. The van der Waals surface area contributed by atoms with Crippen molar-refractivity contribution < 1.29 is 30.7 Å². The molecule has 0 saturated carbocycles. The van der Waals surface area contributed by atoms with Crippen molar-refractivity contribution in [1.29, 1.82) is 0 Å². The smallest absolute Gasteiger partial charge is 0.204 e. The van der Waals surface area contributed by atoms with Gasteiger partial charge in [0.1, 0.15) is 5.56 Å². The highest BCUT2D eigenvalue weighted by Crippen LogP contribution is 2.36. The highest BCUT2D eigenvalue weighted by Gasteiger charge is 2.46. The van der Waals surface area contributed by atoms with Gasteiger partial charge in [0.25, 0.3) is 0 Å². The third-order valence-electron chi connectivity index (χ3n) is 1.83. The van der Waals surface area contributed by atoms with E-state index < -0.39 is 46.2 Å². The predicted octanol–water partition coefficient (Wildman–Crippen LogP) is 4.12. The summed E-state index contributed by atoms with van der Waals surface area (Å²) in [7, 11) is 0. The Morgan fingerprint density at radius 1 is 0.722 bits per heavy atom. The standard InChI is InChI=1S/C7Cl3F7Si/c8-18(9,10)6-4(13)2(11)1(7(15,16)17)3(12)5(6)14. The second kappa shape index (κ2) is 4.73. The highest BCUT2D eigenvalue weighted by atomic mass is 35.8. The first-order valence-corrected chi connectivity index (χ1v) is 8.93. The summed E-state index contributed by atoms with van der Waals surface area (Å²) in [5.41, 5.74) is -2.70. The van der Waals surface area contributed by atoms with Gasteiger partial charge in [0.2, 0.25) is 0 Å². The molecule has 0 fully saturated rings. The zero-order chi connectivity index (χ0) is 14.5. The van der Waals surface area contributed by atoms with Crippen molar-refractivity contribution in [1.82, 2.24) is 0 Å². The van der Waals surface area contributed by atoms with E-state index in [-0.39, 0.29) is 0 Å². The highest BCUT2D eigenvalue weighted by molar-refractivity contribution is 7.69. The van der Waals surface area contributed by atoms with Gasteiger partial charge in [0, 0.05) is 0 Å². The predicted molar refractivity (Wildman–Crippen MR) is 54.2 cm³/mol. The molecular formula is C7Cl3F7Si. The molecule has 0 aliphatic heterocycles. The lowest BCUT2D eigenvalue weighted by atomic mass is 10.1. The van der Waals surface area contributed by atoms with E-state index in [1.807, 2.05) is 0 Å². The van der Waals surface area contributed by atoms with Gasteiger partial charge in [-0.25, -0.2) is 17.6 Å². The molecule has 0 aromatic heterocycles. The molecule has 0 aliphatic carbocycles. The van der Waals surface area contributed by atoms with Crippen molar-refractivity contribution in [2.24, 2.45) is 0 Å². The zero-order valence-corrected chi connectivity index (χ0v) is 11.0. The van der Waals surface area contributed by atoms with Crippen LogP contribution in [0.25, 0.3) is 0 Å². The van der Waals surface area contributed by atoms with Gasteiger partial charge in [-0.05, 0) is 0 Å². The molecule has 0 atom stereocenters. The Labute approximate surface area is 110 Å². The van der Waals surface area contributed by atoms with Gasteiger partial charge < -0.3 is 0 Å². The molecular weight excluding hydrogens is 352 g/mol. The van der Waals surface area contributed by atoms with Crippen LogP contribution in [0.5, 0.6) is 0 Å². The Balaban J connectivity index is 3.79. The van der Waals surface area contributed by atoms with Crippen molar-refractivity contribution in [2.45, 2.75) is 6.18 Å². The fraction of sp³-hybridized carbons (Fsp3) is 0.143. The molecule has 0 N–H and O–H groups in total. The molecule has 0 heterocycles. The monoisotopic (exact) mass is 350 g/mol. The summed E-state index contributed by atoms with van der Waals surface area (Å²) >= 11 is 15.5. The van der Waals surface area contributed by atoms with Gasteiger partial charge in [-0.2, -0.15) is 13.2 Å². The van der Waals surface area contributed by atoms with Crippen molar-refractivity contribution in [2.75, 3.05) is 0 Å². The fourth-order valence-corrected chi connectivity index (χ4v) is 3.34. The lowest BCUT2D eigenvalue weighted by Crippen LogP contribution is -2.39. The summed E-state index contributed by atoms with van der Waals surface area (Å²) in [6.45, 7) is 0. The van der Waals surface area contributed by atoms with E-state index in [1.165, 1.54) is 0 Å². The number of hydrogen-bond acceptors (Lipinski definition) is 0. The van der Waals surface area contributed by atoms with E-state index in [9.17, 15) is 30.7 Å². The first-order valence-electron chi connectivity index (χ1n) is 3.89. The fourth-order valence-electron chi connectivity index (χ4n) is 1.13. The van der Waals surface area contributed by atoms with E-state index in [0.29, 0.717) is 0 Å². The Hall–Kier alpha value is -0.183. The van der Waals surface area contributed by atoms with Gasteiger partial charge >= 0.3 is 12.2 Å². The average Bonchev–Trinajstić information content (AvgIpc) is 2.10. The molecule has 0 spiro atoms. The number of benzene rings is 1. The topological polar surface area (TPSA) is 0 Å². The molecule has 0 unspecified atom stereocenters. The normalized spacial score (nSPS) is 13.0. The van der Waals surface area contributed by atoms with Gasteiger partial charge in [0.15, 0.2) is 23.3 Å². The second-order valence-corrected chi connectivity index (χ2v) is 11.3. The quantitative estimate of drug-likeness (QED) is 0.309. The summed E-state index contributed by atoms with van der Waals surface area (Å²) in [5.74, 6) is -9.99. The largest absolute Gasteiger partial charge is 0.422 e. The lowest BCUT2D eigenvalue weighted by Gasteiger charge is -2.16. The van der Waals surface area contributed by atoms with Crippen LogP contribution in [-0.2, 0) is 6.18 Å². The summed E-state index contributed by atoms with van der Waals surface area (Å²) in [5, 5.41) is -1.62. The van der Waals surface area contributed by atoms with Crippen LogP contribution in [0.3, 0.4) is 0 Å². The van der Waals surface area contributed by atoms with Gasteiger partial charge in [-0.15, -0.1) is 33.2 Å². The maximum absolute atomic E-state index is 13.2. The minimum atomic E-state index is -5.62. The molecule has 1 rings (SSSR count). The zero-order valence-electron chi connectivity index (χ0n) is 7.78. The first-order chi connectivity index (χ1) is 7.89. The Morgan fingerprint density at radius 3 is 1.28 bits per heavy atom. The van der Waals surface area contributed by atoms with Crippen molar-refractivity contribution in [3.8, 4) is 0 Å². The average molecular weight is 352 g/mol. The third kappa shape index (κ3) is 2.71. The van der Waals surface area contributed by atoms with E-state index in [2.05, 4.69) is 0 Å². The number of alkyl halides is 3. The van der Waals surface area contributed by atoms with Crippen LogP contribution in [0.2, 0.25) is 0 Å². The van der Waals surface area contributed by atoms with Crippen molar-refractivity contribution >= 4 is 44.4 Å². The second-order valence-electron chi connectivity index (χ2n) is 3.00. The molecule has 0 saturated heterocycles. The molecule has 0 amide bonds. The number of hydrogen-bond donors (Lipinski definition) is 0. The van der Waals surface area contributed by atoms with E-state index in [0.717, 1.165) is 0 Å². The maximum atomic E-state index is 13.2. The summed E-state index contributed by atoms with van der Waals surface area (Å²) in [4.78, 5) is 0. The van der Waals surface area contributed by atoms with Gasteiger partial charge in [-0.1, -0.05) is 0 Å². The lowest BCUT2D eigenvalue weighted by molar-refractivity contribution is -0.143. The molecule has 11 heteroatoms. The molecule has 18 heavy (non-hydrogen) atoms. The van der Waals surface area contributed by atoms with Crippen LogP contribution in [0.15, 0.2) is 0 Å². The Bertz CT molecular complexity index is 419. The van der Waals surface area contributed by atoms with E-state index in [4.69, 9.17) is 33.2 Å². The van der Waals surface area contributed by atoms with E-state index >= 15 is 0 Å². The van der Waals surface area contributed by atoms with Crippen LogP contribution >= 0.6 is 33.2 Å². The molecule has 1 aromatic rings.